The maximum Gasteiger partial charge on any atom is 0.511 e. The Kier molecular flexibility index (Phi) is 7.18. The number of benzene rings is 2. The van der Waals surface area contributed by atoms with Crippen LogP contribution in [0.5, 0.6) is 11.5 Å². The van der Waals surface area contributed by atoms with Crippen molar-refractivity contribution in [3.63, 3.8) is 0 Å². The van der Waals surface area contributed by atoms with E-state index in [1.165, 1.54) is 24.3 Å². The quantitative estimate of drug-likeness (QED) is 0.308. The summed E-state index contributed by atoms with van der Waals surface area (Å²) in [5, 5.41) is 0.392. The zero-order valence-electron chi connectivity index (χ0n) is 16.3. The van der Waals surface area contributed by atoms with Crippen LogP contribution in [0.2, 0.25) is 5.02 Å². The van der Waals surface area contributed by atoms with Gasteiger partial charge in [0.2, 0.25) is 0 Å². The van der Waals surface area contributed by atoms with Crippen LogP contribution >= 0.6 is 11.6 Å². The highest BCUT2D eigenvalue weighted by atomic mass is 35.5. The molecule has 0 aliphatic rings. The minimum atomic E-state index is -4.87. The van der Waals surface area contributed by atoms with Gasteiger partial charge in [0.05, 0.1) is 26.8 Å². The lowest BCUT2D eigenvalue weighted by atomic mass is 10.2. The highest BCUT2D eigenvalue weighted by Gasteiger charge is 2.29. The second kappa shape index (κ2) is 9.04. The molecule has 0 saturated heterocycles. The van der Waals surface area contributed by atoms with Gasteiger partial charge in [-0.1, -0.05) is 11.6 Å². The minimum Gasteiger partial charge on any atom is -0.457 e. The molecule has 0 amide bonds. The van der Waals surface area contributed by atoms with Crippen molar-refractivity contribution in [1.29, 1.82) is 0 Å². The minimum absolute atomic E-state index is 0.0401. The van der Waals surface area contributed by atoms with E-state index >= 15 is 0 Å². The Labute approximate surface area is 173 Å². The molecule has 2 rings (SSSR count). The number of alkyl halides is 3. The number of aliphatic imine (C=N–C) groups is 1. The molecule has 1 unspecified atom stereocenters. The van der Waals surface area contributed by atoms with Crippen LogP contribution in [0.25, 0.3) is 0 Å². The first kappa shape index (κ1) is 23.0. The summed E-state index contributed by atoms with van der Waals surface area (Å²) < 4.78 is 57.7. The fourth-order valence-electron chi connectivity index (χ4n) is 2.24. The number of nitrogens with zero attached hydrogens (tertiary/aromatic N) is 3. The van der Waals surface area contributed by atoms with Gasteiger partial charge in [-0.3, -0.25) is 0 Å². The van der Waals surface area contributed by atoms with Crippen LogP contribution in [0.3, 0.4) is 0 Å². The fraction of sp³-hybridized carbons (Fsp3) is 0.316. The van der Waals surface area contributed by atoms with E-state index in [0.29, 0.717) is 22.2 Å². The van der Waals surface area contributed by atoms with Gasteiger partial charge in [-0.25, -0.2) is 9.20 Å². The number of halogens is 4. The van der Waals surface area contributed by atoms with Gasteiger partial charge in [-0.15, -0.1) is 17.5 Å². The molecule has 2 aromatic carbocycles. The SMILES string of the molecule is CCN(C)/C=N\c1cc(C)c(Oc2ccc(S(C)(=O)=NC(F)(F)F)cc2)cc1Cl. The molecule has 0 aliphatic heterocycles. The smallest absolute Gasteiger partial charge is 0.457 e. The van der Waals surface area contributed by atoms with Crippen LogP contribution in [0, 0.1) is 6.92 Å². The molecule has 0 aliphatic carbocycles. The third-order valence-corrected chi connectivity index (χ3v) is 5.91. The summed E-state index contributed by atoms with van der Waals surface area (Å²) in [5.74, 6) is 0.833. The molecular weight excluding hydrogens is 427 g/mol. The van der Waals surface area contributed by atoms with Gasteiger partial charge in [-0.05, 0) is 49.7 Å². The van der Waals surface area contributed by atoms with E-state index in [4.69, 9.17) is 16.3 Å². The summed E-state index contributed by atoms with van der Waals surface area (Å²) in [6, 6.07) is 8.84. The highest BCUT2D eigenvalue weighted by Crippen LogP contribution is 2.35. The first-order chi connectivity index (χ1) is 13.4. The molecule has 0 aromatic heterocycles. The second-order valence-corrected chi connectivity index (χ2v) is 8.99. The van der Waals surface area contributed by atoms with Crippen molar-refractivity contribution in [3.8, 4) is 11.5 Å². The lowest BCUT2D eigenvalue weighted by Gasteiger charge is -2.13. The molecule has 0 saturated carbocycles. The molecule has 1 atom stereocenters. The molecule has 0 radical (unpaired) electrons. The van der Waals surface area contributed by atoms with Crippen LogP contribution in [-0.2, 0) is 9.73 Å². The predicted molar refractivity (Wildman–Crippen MR) is 110 cm³/mol. The van der Waals surface area contributed by atoms with Crippen molar-refractivity contribution >= 4 is 33.4 Å². The van der Waals surface area contributed by atoms with E-state index in [0.717, 1.165) is 18.4 Å². The summed E-state index contributed by atoms with van der Waals surface area (Å²) in [6.45, 7) is 4.62. The van der Waals surface area contributed by atoms with E-state index in [-0.39, 0.29) is 4.90 Å². The Balaban J connectivity index is 2.25. The standard InChI is InChI=1S/C19H21ClF3N3O2S/c1-5-26(3)12-24-17-10-13(2)18(11-16(17)20)28-14-6-8-15(9-7-14)29(4,27)25-19(21,22)23/h6-12H,5H2,1-4H3/b24-12-. The van der Waals surface area contributed by atoms with E-state index < -0.39 is 16.0 Å². The van der Waals surface area contributed by atoms with E-state index in [1.54, 1.807) is 18.5 Å². The molecule has 5 nitrogen and oxygen atoms in total. The van der Waals surface area contributed by atoms with Crippen molar-refractivity contribution in [2.24, 2.45) is 9.36 Å². The van der Waals surface area contributed by atoms with Crippen molar-refractivity contribution in [2.75, 3.05) is 19.8 Å². The maximum absolute atomic E-state index is 12.4. The van der Waals surface area contributed by atoms with Crippen LogP contribution in [0.1, 0.15) is 12.5 Å². The third kappa shape index (κ3) is 6.64. The molecule has 0 spiro atoms. The van der Waals surface area contributed by atoms with Crippen molar-refractivity contribution in [3.05, 3.63) is 47.0 Å². The summed E-state index contributed by atoms with van der Waals surface area (Å²) in [6.07, 6.45) is -2.26. The molecular formula is C19H21ClF3N3O2S. The first-order valence-electron chi connectivity index (χ1n) is 8.54. The van der Waals surface area contributed by atoms with Gasteiger partial charge in [0.1, 0.15) is 11.5 Å². The van der Waals surface area contributed by atoms with E-state index in [2.05, 4.69) is 9.36 Å². The van der Waals surface area contributed by atoms with Gasteiger partial charge in [-0.2, -0.15) is 0 Å². The van der Waals surface area contributed by atoms with Gasteiger partial charge in [0.15, 0.2) is 0 Å². The number of aryl methyl sites for hydroxylation is 1. The summed E-state index contributed by atoms with van der Waals surface area (Å²) in [4.78, 5) is 6.19. The summed E-state index contributed by atoms with van der Waals surface area (Å²) in [5.41, 5.74) is 1.36. The Hall–Kier alpha value is -2.26. The molecule has 0 N–H and O–H groups in total. The normalized spacial score (nSPS) is 13.9. The third-order valence-electron chi connectivity index (χ3n) is 3.90. The average molecular weight is 448 g/mol. The van der Waals surface area contributed by atoms with Gasteiger partial charge >= 0.3 is 6.30 Å². The lowest BCUT2D eigenvalue weighted by Crippen LogP contribution is -2.14. The molecule has 0 fully saturated rings. The summed E-state index contributed by atoms with van der Waals surface area (Å²) in [7, 11) is -1.70. The number of hydrogen-bond donors (Lipinski definition) is 0. The Morgan fingerprint density at radius 2 is 1.86 bits per heavy atom. The maximum atomic E-state index is 12.4. The van der Waals surface area contributed by atoms with Crippen LogP contribution < -0.4 is 4.74 Å². The molecule has 29 heavy (non-hydrogen) atoms. The molecule has 0 heterocycles. The van der Waals surface area contributed by atoms with Crippen LogP contribution in [0.4, 0.5) is 18.9 Å². The second-order valence-electron chi connectivity index (χ2n) is 6.32. The largest absolute Gasteiger partial charge is 0.511 e. The Bertz CT molecular complexity index is 1010. The lowest BCUT2D eigenvalue weighted by molar-refractivity contribution is -0.117. The van der Waals surface area contributed by atoms with Crippen LogP contribution in [0.15, 0.2) is 50.6 Å². The monoisotopic (exact) mass is 447 g/mol. The molecule has 158 valence electrons. The Morgan fingerprint density at radius 3 is 2.41 bits per heavy atom. The highest BCUT2D eigenvalue weighted by molar-refractivity contribution is 7.93. The van der Waals surface area contributed by atoms with E-state index in [9.17, 15) is 17.4 Å². The average Bonchev–Trinajstić information content (AvgIpc) is 2.61. The van der Waals surface area contributed by atoms with Crippen molar-refractivity contribution < 1.29 is 22.1 Å². The molecule has 10 heteroatoms. The predicted octanol–water partition coefficient (Wildman–Crippen LogP) is 6.03. The zero-order chi connectivity index (χ0) is 21.8. The molecule has 2 aromatic rings. The fourth-order valence-corrected chi connectivity index (χ4v) is 3.58. The van der Waals surface area contributed by atoms with Gasteiger partial charge < -0.3 is 9.64 Å². The van der Waals surface area contributed by atoms with E-state index in [1.807, 2.05) is 25.8 Å². The first-order valence-corrected chi connectivity index (χ1v) is 10.8. The summed E-state index contributed by atoms with van der Waals surface area (Å²) >= 11 is 6.27. The van der Waals surface area contributed by atoms with Crippen molar-refractivity contribution in [1.82, 2.24) is 4.90 Å². The number of ether oxygens (including phenoxy) is 1. The van der Waals surface area contributed by atoms with Gasteiger partial charge in [0.25, 0.3) is 0 Å². The molecule has 0 bridgehead atoms. The topological polar surface area (TPSA) is 54.3 Å². The van der Waals surface area contributed by atoms with Crippen molar-refractivity contribution in [2.45, 2.75) is 25.0 Å². The zero-order valence-corrected chi connectivity index (χ0v) is 17.9. The Morgan fingerprint density at radius 1 is 1.24 bits per heavy atom. The number of rotatable bonds is 6. The van der Waals surface area contributed by atoms with Crippen LogP contribution in [-0.4, -0.2) is 41.6 Å². The number of hydrogen-bond acceptors (Lipinski definition) is 4. The van der Waals surface area contributed by atoms with Gasteiger partial charge in [0, 0.05) is 30.8 Å².